The van der Waals surface area contributed by atoms with Crippen molar-refractivity contribution >= 4 is 11.9 Å². The molecule has 0 atom stereocenters. The third kappa shape index (κ3) is 3.46. The van der Waals surface area contributed by atoms with Gasteiger partial charge in [0, 0.05) is 18.2 Å². The lowest BCUT2D eigenvalue weighted by molar-refractivity contribution is 1.34. The molecule has 3 aromatic carbocycles. The van der Waals surface area contributed by atoms with E-state index in [-0.39, 0.29) is 0 Å². The topological polar surface area (TPSA) is 12.4 Å². The Balaban J connectivity index is 1.83. The van der Waals surface area contributed by atoms with Crippen molar-refractivity contribution < 1.29 is 0 Å². The molecule has 3 aromatic rings. The monoisotopic (exact) mass is 271 g/mol. The van der Waals surface area contributed by atoms with E-state index in [1.54, 1.807) is 0 Å². The third-order valence-electron chi connectivity index (χ3n) is 3.39. The van der Waals surface area contributed by atoms with Gasteiger partial charge in [0.2, 0.25) is 0 Å². The molecule has 0 amide bonds. The highest BCUT2D eigenvalue weighted by Gasteiger charge is 2.01. The van der Waals surface area contributed by atoms with Crippen LogP contribution in [0.25, 0.3) is 11.1 Å². The Bertz CT molecular complexity index is 715. The third-order valence-corrected chi connectivity index (χ3v) is 3.39. The molecule has 1 heteroatoms. The van der Waals surface area contributed by atoms with Crippen LogP contribution >= 0.6 is 0 Å². The Morgan fingerprint density at radius 2 is 1.29 bits per heavy atom. The second-order valence-electron chi connectivity index (χ2n) is 4.88. The quantitative estimate of drug-likeness (QED) is 0.571. The molecule has 1 nitrogen and oxygen atoms in total. The minimum atomic E-state index is 0.851. The summed E-state index contributed by atoms with van der Waals surface area (Å²) in [4.78, 5) is 4.65. The Hall–Kier alpha value is -2.67. The zero-order chi connectivity index (χ0) is 14.3. The van der Waals surface area contributed by atoms with Gasteiger partial charge in [-0.2, -0.15) is 0 Å². The molecule has 0 aliphatic rings. The summed E-state index contributed by atoms with van der Waals surface area (Å²) < 4.78 is 0. The molecule has 102 valence electrons. The average Bonchev–Trinajstić information content (AvgIpc) is 2.57. The van der Waals surface area contributed by atoms with Crippen LogP contribution < -0.4 is 0 Å². The highest BCUT2D eigenvalue weighted by atomic mass is 14.7. The summed E-state index contributed by atoms with van der Waals surface area (Å²) in [5, 5.41) is 0. The number of hydrogen-bond acceptors (Lipinski definition) is 1. The zero-order valence-corrected chi connectivity index (χ0v) is 11.8. The Labute approximate surface area is 125 Å². The first-order valence-electron chi connectivity index (χ1n) is 7.14. The lowest BCUT2D eigenvalue weighted by Crippen LogP contribution is -1.85. The molecule has 0 radical (unpaired) electrons. The van der Waals surface area contributed by atoms with E-state index < -0.39 is 0 Å². The molecule has 0 aromatic heterocycles. The molecule has 0 aliphatic carbocycles. The first kappa shape index (κ1) is 13.3. The van der Waals surface area contributed by atoms with Crippen LogP contribution in [0.5, 0.6) is 0 Å². The molecule has 0 aliphatic heterocycles. The van der Waals surface area contributed by atoms with Crippen molar-refractivity contribution in [2.24, 2.45) is 4.99 Å². The molecule has 0 fully saturated rings. The summed E-state index contributed by atoms with van der Waals surface area (Å²) in [6.07, 6.45) is 2.83. The van der Waals surface area contributed by atoms with Crippen molar-refractivity contribution in [3.8, 4) is 11.1 Å². The van der Waals surface area contributed by atoms with Gasteiger partial charge < -0.3 is 0 Å². The molecular formula is C20H17N. The molecule has 21 heavy (non-hydrogen) atoms. The summed E-state index contributed by atoms with van der Waals surface area (Å²) >= 11 is 0. The zero-order valence-electron chi connectivity index (χ0n) is 11.8. The summed E-state index contributed by atoms with van der Waals surface area (Å²) in [5.74, 6) is 0. The van der Waals surface area contributed by atoms with Crippen LogP contribution in [0.2, 0.25) is 0 Å². The predicted octanol–water partition coefficient (Wildman–Crippen LogP) is 5.30. The maximum atomic E-state index is 4.65. The molecule has 3 rings (SSSR count). The summed E-state index contributed by atoms with van der Waals surface area (Å²) in [6.45, 7) is 0. The van der Waals surface area contributed by atoms with Crippen LogP contribution in [-0.4, -0.2) is 6.21 Å². The number of nitrogens with zero attached hydrogens (tertiary/aromatic N) is 1. The van der Waals surface area contributed by atoms with Gasteiger partial charge in [0.1, 0.15) is 0 Å². The molecule has 0 heterocycles. The first-order valence-corrected chi connectivity index (χ1v) is 7.14. The smallest absolute Gasteiger partial charge is 0.0704 e. The molecule has 0 saturated carbocycles. The number of rotatable bonds is 4. The molecular weight excluding hydrogens is 254 g/mol. The van der Waals surface area contributed by atoms with E-state index in [0.29, 0.717) is 0 Å². The van der Waals surface area contributed by atoms with Gasteiger partial charge in [-0.15, -0.1) is 0 Å². The van der Waals surface area contributed by atoms with Gasteiger partial charge in [-0.3, -0.25) is 4.99 Å². The van der Waals surface area contributed by atoms with Crippen LogP contribution in [0, 0.1) is 0 Å². The normalized spacial score (nSPS) is 10.9. The minimum absolute atomic E-state index is 0.851. The highest BCUT2D eigenvalue weighted by Crippen LogP contribution is 2.29. The van der Waals surface area contributed by atoms with Gasteiger partial charge >= 0.3 is 0 Å². The maximum absolute atomic E-state index is 4.65. The fourth-order valence-electron chi connectivity index (χ4n) is 2.31. The van der Waals surface area contributed by atoms with Crippen molar-refractivity contribution in [2.45, 2.75) is 6.42 Å². The second kappa shape index (κ2) is 6.67. The molecule has 0 saturated heterocycles. The van der Waals surface area contributed by atoms with Crippen LogP contribution in [0.4, 0.5) is 5.69 Å². The Kier molecular flexibility index (Phi) is 4.23. The fourth-order valence-corrected chi connectivity index (χ4v) is 2.31. The van der Waals surface area contributed by atoms with Crippen molar-refractivity contribution in [2.75, 3.05) is 0 Å². The van der Waals surface area contributed by atoms with Gasteiger partial charge in [0.15, 0.2) is 0 Å². The predicted molar refractivity (Wildman–Crippen MR) is 90.2 cm³/mol. The van der Waals surface area contributed by atoms with Crippen molar-refractivity contribution in [3.05, 3.63) is 90.5 Å². The maximum Gasteiger partial charge on any atom is 0.0704 e. The number of para-hydroxylation sites is 1. The van der Waals surface area contributed by atoms with Gasteiger partial charge in [0.05, 0.1) is 5.69 Å². The SMILES string of the molecule is C(Cc1ccccc1)=Nc1ccccc1-c1ccccc1. The van der Waals surface area contributed by atoms with Crippen molar-refractivity contribution in [1.29, 1.82) is 0 Å². The Morgan fingerprint density at radius 3 is 2.05 bits per heavy atom. The van der Waals surface area contributed by atoms with Gasteiger partial charge in [0.25, 0.3) is 0 Å². The first-order chi connectivity index (χ1) is 10.4. The standard InChI is InChI=1S/C20H17N/c1-3-9-17(10-4-1)15-16-21-20-14-8-7-13-19(20)18-11-5-2-6-12-18/h1-14,16H,15H2. The van der Waals surface area contributed by atoms with E-state index in [1.165, 1.54) is 16.7 Å². The lowest BCUT2D eigenvalue weighted by atomic mass is 10.0. The van der Waals surface area contributed by atoms with Crippen LogP contribution in [0.3, 0.4) is 0 Å². The molecule has 0 bridgehead atoms. The van der Waals surface area contributed by atoms with Gasteiger partial charge in [-0.25, -0.2) is 0 Å². The summed E-state index contributed by atoms with van der Waals surface area (Å²) in [6, 6.07) is 29.0. The van der Waals surface area contributed by atoms with Crippen molar-refractivity contribution in [1.82, 2.24) is 0 Å². The number of aliphatic imine (C=N–C) groups is 1. The van der Waals surface area contributed by atoms with Gasteiger partial charge in [-0.05, 0) is 17.2 Å². The molecule has 0 unspecified atom stereocenters. The average molecular weight is 271 g/mol. The van der Waals surface area contributed by atoms with Crippen LogP contribution in [0.15, 0.2) is 89.9 Å². The van der Waals surface area contributed by atoms with Crippen LogP contribution in [0.1, 0.15) is 5.56 Å². The van der Waals surface area contributed by atoms with E-state index in [4.69, 9.17) is 0 Å². The Morgan fingerprint density at radius 1 is 0.667 bits per heavy atom. The minimum Gasteiger partial charge on any atom is -0.260 e. The highest BCUT2D eigenvalue weighted by molar-refractivity contribution is 5.79. The van der Waals surface area contributed by atoms with E-state index in [1.807, 2.05) is 24.4 Å². The molecule has 0 N–H and O–H groups in total. The van der Waals surface area contributed by atoms with E-state index >= 15 is 0 Å². The summed E-state index contributed by atoms with van der Waals surface area (Å²) in [7, 11) is 0. The number of hydrogen-bond donors (Lipinski definition) is 0. The number of benzene rings is 3. The fraction of sp³-hybridized carbons (Fsp3) is 0.0500. The van der Waals surface area contributed by atoms with E-state index in [0.717, 1.165) is 12.1 Å². The summed E-state index contributed by atoms with van der Waals surface area (Å²) in [5.41, 5.74) is 4.66. The van der Waals surface area contributed by atoms with E-state index in [2.05, 4.69) is 71.7 Å². The van der Waals surface area contributed by atoms with Crippen molar-refractivity contribution in [3.63, 3.8) is 0 Å². The second-order valence-corrected chi connectivity index (χ2v) is 4.88. The van der Waals surface area contributed by atoms with Gasteiger partial charge in [-0.1, -0.05) is 78.9 Å². The lowest BCUT2D eigenvalue weighted by Gasteiger charge is -2.05. The van der Waals surface area contributed by atoms with E-state index in [9.17, 15) is 0 Å². The largest absolute Gasteiger partial charge is 0.260 e. The van der Waals surface area contributed by atoms with Crippen LogP contribution in [-0.2, 0) is 6.42 Å². The molecule has 0 spiro atoms.